The zero-order valence-corrected chi connectivity index (χ0v) is 20.3. The van der Waals surface area contributed by atoms with Gasteiger partial charge in [0.15, 0.2) is 5.78 Å². The second-order valence-corrected chi connectivity index (χ2v) is 9.55. The lowest BCUT2D eigenvalue weighted by atomic mass is 9.86. The van der Waals surface area contributed by atoms with Gasteiger partial charge in [0.25, 0.3) is 0 Å². The molecule has 37 heavy (non-hydrogen) atoms. The Morgan fingerprint density at radius 2 is 1.86 bits per heavy atom. The van der Waals surface area contributed by atoms with Gasteiger partial charge in [0, 0.05) is 36.1 Å². The number of aryl methyl sites for hydroxylation is 1. The average Bonchev–Trinajstić information content (AvgIpc) is 3.27. The van der Waals surface area contributed by atoms with E-state index in [4.69, 9.17) is 5.73 Å². The van der Waals surface area contributed by atoms with Gasteiger partial charge < -0.3 is 10.8 Å². The van der Waals surface area contributed by atoms with Gasteiger partial charge in [-0.3, -0.25) is 9.20 Å². The van der Waals surface area contributed by atoms with E-state index in [1.807, 2.05) is 0 Å². The number of hydrogen-bond donors (Lipinski definition) is 2. The summed E-state index contributed by atoms with van der Waals surface area (Å²) in [5.41, 5.74) is 1.83. The maximum absolute atomic E-state index is 14.4. The molecular formula is C26H25F4N5O2. The summed E-state index contributed by atoms with van der Waals surface area (Å²) in [7, 11) is 0. The zero-order valence-electron chi connectivity index (χ0n) is 20.3. The summed E-state index contributed by atoms with van der Waals surface area (Å²) in [4.78, 5) is 24.9. The second-order valence-electron chi connectivity index (χ2n) is 9.55. The van der Waals surface area contributed by atoms with Gasteiger partial charge in [0.1, 0.15) is 11.5 Å². The van der Waals surface area contributed by atoms with Gasteiger partial charge in [-0.25, -0.2) is 19.3 Å². The highest BCUT2D eigenvalue weighted by atomic mass is 19.4. The Balaban J connectivity index is 1.76. The molecule has 0 saturated heterocycles. The van der Waals surface area contributed by atoms with Crippen LogP contribution >= 0.6 is 0 Å². The number of benzene rings is 1. The van der Waals surface area contributed by atoms with Gasteiger partial charge in [-0.2, -0.15) is 13.2 Å². The fourth-order valence-corrected chi connectivity index (χ4v) is 3.87. The fraction of sp³-hybridized carbons (Fsp3) is 0.308. The van der Waals surface area contributed by atoms with Gasteiger partial charge in [-0.1, -0.05) is 0 Å². The van der Waals surface area contributed by atoms with E-state index in [9.17, 15) is 27.5 Å². The van der Waals surface area contributed by atoms with Gasteiger partial charge in [0.2, 0.25) is 11.4 Å². The van der Waals surface area contributed by atoms with E-state index in [2.05, 4.69) is 15.0 Å². The van der Waals surface area contributed by atoms with Crippen LogP contribution in [0.4, 0.5) is 17.6 Å². The molecule has 1 aromatic carbocycles. The van der Waals surface area contributed by atoms with Crippen LogP contribution in [0.5, 0.6) is 0 Å². The summed E-state index contributed by atoms with van der Waals surface area (Å²) in [6, 6.07) is 8.22. The van der Waals surface area contributed by atoms with E-state index in [1.54, 1.807) is 26.1 Å². The number of Topliss-reactive ketones (excluding diaryl/α,β-unsaturated/α-hetero) is 1. The molecule has 0 fully saturated rings. The first-order valence-corrected chi connectivity index (χ1v) is 11.4. The summed E-state index contributed by atoms with van der Waals surface area (Å²) < 4.78 is 58.4. The predicted molar refractivity (Wildman–Crippen MR) is 128 cm³/mol. The molecular weight excluding hydrogens is 490 g/mol. The summed E-state index contributed by atoms with van der Waals surface area (Å²) in [6.07, 6.45) is -2.41. The molecule has 3 N–H and O–H groups in total. The molecule has 0 aliphatic carbocycles. The maximum Gasteiger partial charge on any atom is 0.422 e. The lowest BCUT2D eigenvalue weighted by Crippen LogP contribution is -2.44. The number of ketones is 1. The third-order valence-electron chi connectivity index (χ3n) is 6.15. The van der Waals surface area contributed by atoms with E-state index < -0.39 is 47.5 Å². The van der Waals surface area contributed by atoms with Crippen molar-refractivity contribution in [2.24, 2.45) is 5.73 Å². The van der Waals surface area contributed by atoms with Gasteiger partial charge >= 0.3 is 6.18 Å². The van der Waals surface area contributed by atoms with Crippen LogP contribution in [0.3, 0.4) is 0 Å². The Labute approximate surface area is 210 Å². The van der Waals surface area contributed by atoms with Crippen LogP contribution in [-0.2, 0) is 11.1 Å². The highest BCUT2D eigenvalue weighted by molar-refractivity contribution is 5.94. The number of nitrogens with zero attached hydrogens (tertiary/aromatic N) is 4. The molecule has 0 spiro atoms. The smallest absolute Gasteiger partial charge is 0.375 e. The number of carbonyl (C=O) groups excluding carboxylic acids is 1. The van der Waals surface area contributed by atoms with Crippen LogP contribution in [0.15, 0.2) is 55.0 Å². The Kier molecular flexibility index (Phi) is 6.63. The first kappa shape index (κ1) is 26.4. The van der Waals surface area contributed by atoms with Crippen molar-refractivity contribution in [2.45, 2.75) is 50.9 Å². The minimum Gasteiger partial charge on any atom is -0.375 e. The third-order valence-corrected chi connectivity index (χ3v) is 6.15. The van der Waals surface area contributed by atoms with Crippen molar-refractivity contribution in [2.75, 3.05) is 0 Å². The van der Waals surface area contributed by atoms with Crippen LogP contribution in [0, 0.1) is 12.7 Å². The molecule has 0 bridgehead atoms. The van der Waals surface area contributed by atoms with Crippen molar-refractivity contribution in [1.29, 1.82) is 0 Å². The molecule has 0 amide bonds. The molecule has 0 aliphatic heterocycles. The van der Waals surface area contributed by atoms with E-state index in [0.29, 0.717) is 5.56 Å². The fourth-order valence-electron chi connectivity index (χ4n) is 3.87. The Morgan fingerprint density at radius 1 is 1.14 bits per heavy atom. The highest BCUT2D eigenvalue weighted by Crippen LogP contribution is 2.43. The molecule has 194 valence electrons. The Bertz CT molecular complexity index is 1440. The number of nitrogens with two attached hydrogens (primary N) is 1. The first-order chi connectivity index (χ1) is 17.2. The normalized spacial score (nSPS) is 14.1. The standard InChI is InChI=1S/C26H25F4N5O2/c1-15-11-16(5-6-18(15)27)19-12-17(24(2,3)31)13-22(33-19)25(37,26(28,29)30)8-7-21(36)20-14-35-10-4-9-32-23(35)34-20/h4-6,9-14,37H,7-8,31H2,1-3H3. The SMILES string of the molecule is Cc1cc(-c2cc(C(C)(C)N)cc(C(O)(CCC(=O)c3cn4cccnc4n3)C(F)(F)F)n2)ccc1F. The van der Waals surface area contributed by atoms with Crippen molar-refractivity contribution < 1.29 is 27.5 Å². The molecule has 7 nitrogen and oxygen atoms in total. The third kappa shape index (κ3) is 5.23. The number of fused-ring (bicyclic) bond motifs is 1. The molecule has 0 radical (unpaired) electrons. The van der Waals surface area contributed by atoms with Crippen LogP contribution in [0.25, 0.3) is 17.0 Å². The quantitative estimate of drug-likeness (QED) is 0.269. The molecule has 1 atom stereocenters. The molecule has 0 aliphatic rings. The zero-order chi connectivity index (χ0) is 27.2. The van der Waals surface area contributed by atoms with Gasteiger partial charge in [-0.15, -0.1) is 0 Å². The summed E-state index contributed by atoms with van der Waals surface area (Å²) in [6.45, 7) is 4.71. The van der Waals surface area contributed by atoms with Gasteiger partial charge in [-0.05, 0) is 74.7 Å². The molecule has 11 heteroatoms. The number of aromatic nitrogens is 4. The molecule has 4 rings (SSSR count). The van der Waals surface area contributed by atoms with E-state index in [-0.39, 0.29) is 28.3 Å². The van der Waals surface area contributed by atoms with Crippen molar-refractivity contribution in [3.05, 3.63) is 83.3 Å². The Morgan fingerprint density at radius 3 is 2.49 bits per heavy atom. The van der Waals surface area contributed by atoms with E-state index in [0.717, 1.165) is 6.07 Å². The number of rotatable bonds is 7. The van der Waals surface area contributed by atoms with Crippen molar-refractivity contribution in [3.8, 4) is 11.3 Å². The summed E-state index contributed by atoms with van der Waals surface area (Å²) >= 11 is 0. The lowest BCUT2D eigenvalue weighted by molar-refractivity contribution is -0.270. The lowest BCUT2D eigenvalue weighted by Gasteiger charge is -2.32. The number of hydrogen-bond acceptors (Lipinski definition) is 6. The number of alkyl halides is 3. The maximum atomic E-state index is 14.4. The molecule has 3 aromatic heterocycles. The molecule has 3 heterocycles. The summed E-state index contributed by atoms with van der Waals surface area (Å²) in [5, 5.41) is 11.0. The van der Waals surface area contributed by atoms with E-state index >= 15 is 0 Å². The van der Waals surface area contributed by atoms with Crippen LogP contribution in [-0.4, -0.2) is 36.4 Å². The van der Waals surface area contributed by atoms with Crippen LogP contribution in [0.2, 0.25) is 0 Å². The number of carbonyl (C=O) groups is 1. The molecule has 1 unspecified atom stereocenters. The van der Waals surface area contributed by atoms with Crippen LogP contribution in [0.1, 0.15) is 54.0 Å². The average molecular weight is 516 g/mol. The van der Waals surface area contributed by atoms with Crippen molar-refractivity contribution >= 4 is 11.6 Å². The minimum absolute atomic E-state index is 0.0736. The highest BCUT2D eigenvalue weighted by Gasteiger charge is 2.56. The van der Waals surface area contributed by atoms with Gasteiger partial charge in [0.05, 0.1) is 11.4 Å². The van der Waals surface area contributed by atoms with Crippen molar-refractivity contribution in [3.63, 3.8) is 0 Å². The number of halogens is 4. The molecule has 0 saturated carbocycles. The molecule has 4 aromatic rings. The number of pyridine rings is 1. The Hall–Kier alpha value is -3.70. The number of aliphatic hydroxyl groups is 1. The topological polar surface area (TPSA) is 106 Å². The van der Waals surface area contributed by atoms with Crippen LogP contribution < -0.4 is 5.73 Å². The minimum atomic E-state index is -5.17. The van der Waals surface area contributed by atoms with E-state index in [1.165, 1.54) is 48.0 Å². The first-order valence-electron chi connectivity index (χ1n) is 11.4. The second kappa shape index (κ2) is 9.31. The predicted octanol–water partition coefficient (Wildman–Crippen LogP) is 4.85. The van der Waals surface area contributed by atoms with Crippen molar-refractivity contribution in [1.82, 2.24) is 19.4 Å². The monoisotopic (exact) mass is 515 g/mol. The largest absolute Gasteiger partial charge is 0.422 e. The summed E-state index contributed by atoms with van der Waals surface area (Å²) in [5.74, 6) is -0.958. The number of imidazole rings is 1.